The monoisotopic (exact) mass is 514 g/mol. The number of esters is 2. The Kier molecular flexibility index (Phi) is 6.30. The number of carbonyl (C=O) groups is 2. The Labute approximate surface area is 226 Å². The van der Waals surface area contributed by atoms with E-state index in [2.05, 4.69) is 48.5 Å². The molecule has 0 aromatic carbocycles. The van der Waals surface area contributed by atoms with Crippen LogP contribution in [0.1, 0.15) is 126 Å². The normalized spacial score (nSPS) is 52.5. The van der Waals surface area contributed by atoms with Gasteiger partial charge in [-0.1, -0.05) is 48.5 Å². The number of rotatable bonds is 2. The molecule has 0 unspecified atom stereocenters. The number of carbonyl (C=O) groups excluding carboxylic acids is 2. The van der Waals surface area contributed by atoms with Crippen LogP contribution >= 0.6 is 0 Å². The predicted molar refractivity (Wildman–Crippen MR) is 147 cm³/mol. The van der Waals surface area contributed by atoms with Gasteiger partial charge in [0.25, 0.3) is 0 Å². The molecule has 5 aliphatic rings. The molecule has 0 aromatic rings. The van der Waals surface area contributed by atoms with E-state index in [1.54, 1.807) is 14.0 Å². The van der Waals surface area contributed by atoms with Crippen molar-refractivity contribution >= 4 is 11.9 Å². The quantitative estimate of drug-likeness (QED) is 0.351. The third-order valence-electron chi connectivity index (χ3n) is 14.2. The molecule has 0 saturated heterocycles. The van der Waals surface area contributed by atoms with Gasteiger partial charge in [-0.05, 0) is 121 Å². The topological polar surface area (TPSA) is 52.6 Å². The smallest absolute Gasteiger partial charge is 0.312 e. The summed E-state index contributed by atoms with van der Waals surface area (Å²) in [5.74, 6) is 1.73. The van der Waals surface area contributed by atoms with E-state index in [4.69, 9.17) is 9.47 Å². The Morgan fingerprint density at radius 1 is 0.730 bits per heavy atom. The molecule has 5 rings (SSSR count). The van der Waals surface area contributed by atoms with E-state index in [0.717, 1.165) is 44.9 Å². The summed E-state index contributed by atoms with van der Waals surface area (Å²) in [5, 5.41) is 0. The fraction of sp³-hybridized carbons (Fsp3) is 0.939. The maximum atomic E-state index is 14.3. The highest BCUT2D eigenvalue weighted by molar-refractivity contribution is 5.79. The lowest BCUT2D eigenvalue weighted by Crippen LogP contribution is -2.71. The maximum Gasteiger partial charge on any atom is 0.312 e. The van der Waals surface area contributed by atoms with E-state index >= 15 is 0 Å². The van der Waals surface area contributed by atoms with Crippen LogP contribution in [0.5, 0.6) is 0 Å². The molecule has 10 atom stereocenters. The van der Waals surface area contributed by atoms with Crippen LogP contribution in [0.3, 0.4) is 0 Å². The SMILES string of the molecule is COC(=O)[C@]12CC[C@@]3(C)CCC(C)(C)C[C@H]3[C@]1(C)CC[C@@]1(C)[C@@H]3CC[C@@H](OC(C)=O)[C@H](C)[C@@]3(C)CC[C@@H]12. The second kappa shape index (κ2) is 8.47. The van der Waals surface area contributed by atoms with E-state index < -0.39 is 5.41 Å². The number of fused-ring (bicyclic) bond motifs is 7. The zero-order valence-corrected chi connectivity index (χ0v) is 25.3. The van der Waals surface area contributed by atoms with Crippen molar-refractivity contribution in [3.05, 3.63) is 0 Å². The summed E-state index contributed by atoms with van der Waals surface area (Å²) in [6.07, 6.45) is 12.5. The molecule has 210 valence electrons. The molecular formula is C33H54O4. The van der Waals surface area contributed by atoms with Crippen LogP contribution < -0.4 is 0 Å². The van der Waals surface area contributed by atoms with Crippen LogP contribution in [0.2, 0.25) is 0 Å². The maximum absolute atomic E-state index is 14.3. The van der Waals surface area contributed by atoms with E-state index in [1.807, 2.05) is 0 Å². The van der Waals surface area contributed by atoms with Gasteiger partial charge in [-0.25, -0.2) is 0 Å². The van der Waals surface area contributed by atoms with E-state index in [0.29, 0.717) is 34.5 Å². The summed E-state index contributed by atoms with van der Waals surface area (Å²) >= 11 is 0. The minimum Gasteiger partial charge on any atom is -0.469 e. The summed E-state index contributed by atoms with van der Waals surface area (Å²) in [7, 11) is 1.64. The number of ether oxygens (including phenoxy) is 2. The van der Waals surface area contributed by atoms with Crippen LogP contribution in [-0.2, 0) is 19.1 Å². The van der Waals surface area contributed by atoms with Crippen molar-refractivity contribution in [3.8, 4) is 0 Å². The summed E-state index contributed by atoms with van der Waals surface area (Å²) in [5.41, 5.74) is 0.476. The van der Waals surface area contributed by atoms with Gasteiger partial charge in [0.15, 0.2) is 0 Å². The highest BCUT2D eigenvalue weighted by Gasteiger charge is 2.75. The molecule has 0 N–H and O–H groups in total. The first-order valence-electron chi connectivity index (χ1n) is 15.4. The summed E-state index contributed by atoms with van der Waals surface area (Å²) in [6, 6.07) is 0. The molecule has 0 aromatic heterocycles. The van der Waals surface area contributed by atoms with Crippen LogP contribution in [0.25, 0.3) is 0 Å². The van der Waals surface area contributed by atoms with Crippen molar-refractivity contribution in [3.63, 3.8) is 0 Å². The van der Waals surface area contributed by atoms with Crippen molar-refractivity contribution < 1.29 is 19.1 Å². The van der Waals surface area contributed by atoms with Crippen molar-refractivity contribution in [1.29, 1.82) is 0 Å². The van der Waals surface area contributed by atoms with Crippen molar-refractivity contribution in [2.75, 3.05) is 7.11 Å². The summed E-state index contributed by atoms with van der Waals surface area (Å²) in [6.45, 7) is 18.8. The summed E-state index contributed by atoms with van der Waals surface area (Å²) in [4.78, 5) is 26.1. The van der Waals surface area contributed by atoms with Gasteiger partial charge in [0, 0.05) is 6.92 Å². The molecule has 4 nitrogen and oxygen atoms in total. The lowest BCUT2D eigenvalue weighted by molar-refractivity contribution is -0.270. The van der Waals surface area contributed by atoms with Crippen LogP contribution in [-0.4, -0.2) is 25.2 Å². The van der Waals surface area contributed by atoms with E-state index in [-0.39, 0.29) is 34.3 Å². The molecule has 4 heteroatoms. The zero-order valence-electron chi connectivity index (χ0n) is 25.3. The Hall–Kier alpha value is -1.06. The van der Waals surface area contributed by atoms with Crippen molar-refractivity contribution in [2.24, 2.45) is 56.2 Å². The number of methoxy groups -OCH3 is 1. The Balaban J connectivity index is 1.58. The van der Waals surface area contributed by atoms with E-state index in [9.17, 15) is 9.59 Å². The Morgan fingerprint density at radius 3 is 2.05 bits per heavy atom. The molecule has 0 radical (unpaired) electrons. The van der Waals surface area contributed by atoms with Crippen molar-refractivity contribution in [1.82, 2.24) is 0 Å². The largest absolute Gasteiger partial charge is 0.469 e. The second-order valence-electron chi connectivity index (χ2n) is 16.1. The molecule has 5 saturated carbocycles. The lowest BCUT2D eigenvalue weighted by Gasteiger charge is -2.74. The first kappa shape index (κ1) is 27.5. The van der Waals surface area contributed by atoms with Gasteiger partial charge in [0.2, 0.25) is 0 Å². The number of hydrogen-bond acceptors (Lipinski definition) is 4. The van der Waals surface area contributed by atoms with Gasteiger partial charge in [-0.15, -0.1) is 0 Å². The Bertz CT molecular complexity index is 956. The molecule has 0 heterocycles. The zero-order chi connectivity index (χ0) is 27.2. The van der Waals surface area contributed by atoms with E-state index in [1.165, 1.54) is 25.7 Å². The average molecular weight is 515 g/mol. The molecule has 0 bridgehead atoms. The molecule has 5 aliphatic carbocycles. The molecular weight excluding hydrogens is 460 g/mol. The van der Waals surface area contributed by atoms with Gasteiger partial charge in [-0.3, -0.25) is 9.59 Å². The van der Waals surface area contributed by atoms with Crippen LogP contribution in [0.4, 0.5) is 0 Å². The third kappa shape index (κ3) is 3.58. The van der Waals surface area contributed by atoms with Gasteiger partial charge in [0.1, 0.15) is 6.10 Å². The molecule has 5 fully saturated rings. The molecule has 0 spiro atoms. The third-order valence-corrected chi connectivity index (χ3v) is 14.2. The molecule has 37 heavy (non-hydrogen) atoms. The number of hydrogen-bond donors (Lipinski definition) is 0. The second-order valence-corrected chi connectivity index (χ2v) is 16.1. The van der Waals surface area contributed by atoms with Gasteiger partial charge in [-0.2, -0.15) is 0 Å². The standard InChI is InChI=1S/C33H54O4/c1-21-23(37-22(2)34)10-11-24-30(21,6)13-12-25-31(24,7)17-18-32(8)26-20-28(3,4)14-15-29(26,5)16-19-33(25,32)27(35)36-9/h21,23-26H,10-20H2,1-9H3/t21-,23+,24+,25-,26+,29+,30+,31-,32-,33+/m0/s1. The fourth-order valence-corrected chi connectivity index (χ4v) is 11.9. The van der Waals surface area contributed by atoms with Crippen LogP contribution in [0.15, 0.2) is 0 Å². The molecule has 0 aliphatic heterocycles. The Morgan fingerprint density at radius 2 is 1.41 bits per heavy atom. The lowest BCUT2D eigenvalue weighted by atomic mass is 9.29. The highest BCUT2D eigenvalue weighted by Crippen LogP contribution is 2.78. The molecule has 0 amide bonds. The summed E-state index contributed by atoms with van der Waals surface area (Å²) < 4.78 is 11.7. The average Bonchev–Trinajstić information content (AvgIpc) is 2.82. The van der Waals surface area contributed by atoms with Gasteiger partial charge in [0.05, 0.1) is 12.5 Å². The highest BCUT2D eigenvalue weighted by atomic mass is 16.5. The minimum absolute atomic E-state index is 0.0159. The first-order chi connectivity index (χ1) is 17.1. The van der Waals surface area contributed by atoms with Gasteiger partial charge >= 0.3 is 11.9 Å². The van der Waals surface area contributed by atoms with Crippen molar-refractivity contribution in [2.45, 2.75) is 132 Å². The fourth-order valence-electron chi connectivity index (χ4n) is 11.9. The van der Waals surface area contributed by atoms with Gasteiger partial charge < -0.3 is 9.47 Å². The van der Waals surface area contributed by atoms with Crippen LogP contribution in [0, 0.1) is 56.2 Å². The predicted octanol–water partition coefficient (Wildman–Crippen LogP) is 7.97. The first-order valence-corrected chi connectivity index (χ1v) is 15.4. The minimum atomic E-state index is -0.399.